The fourth-order valence-electron chi connectivity index (χ4n) is 1.63. The summed E-state index contributed by atoms with van der Waals surface area (Å²) in [5, 5.41) is 4.67. The first-order chi connectivity index (χ1) is 10.1. The molecular formula is C16H14N2O2S. The number of nitrogens with two attached hydrogens (primary N) is 1. The molecule has 0 radical (unpaired) electrons. The van der Waals surface area contributed by atoms with Crippen LogP contribution in [0.1, 0.15) is 31.2 Å². The maximum absolute atomic E-state index is 11.8. The molecule has 2 aromatic rings. The second-order valence-corrected chi connectivity index (χ2v) is 5.33. The average Bonchev–Trinajstić information content (AvgIpc) is 2.90. The lowest BCUT2D eigenvalue weighted by atomic mass is 10.1. The van der Waals surface area contributed by atoms with E-state index >= 15 is 0 Å². The smallest absolute Gasteiger partial charge is 0.262 e. The van der Waals surface area contributed by atoms with Gasteiger partial charge in [0.1, 0.15) is 0 Å². The molecule has 4 nitrogen and oxygen atoms in total. The lowest BCUT2D eigenvalue weighted by Crippen LogP contribution is -2.22. The number of rotatable bonds is 3. The van der Waals surface area contributed by atoms with Gasteiger partial charge in [-0.3, -0.25) is 9.59 Å². The van der Waals surface area contributed by atoms with Gasteiger partial charge < -0.3 is 11.1 Å². The van der Waals surface area contributed by atoms with E-state index in [4.69, 9.17) is 5.73 Å². The zero-order valence-electron chi connectivity index (χ0n) is 11.5. The molecule has 0 aliphatic carbocycles. The lowest BCUT2D eigenvalue weighted by Gasteiger charge is -1.97. The Labute approximate surface area is 127 Å². The Morgan fingerprint density at radius 1 is 1.29 bits per heavy atom. The summed E-state index contributed by atoms with van der Waals surface area (Å²) in [5.74, 6) is 5.19. The van der Waals surface area contributed by atoms with Crippen LogP contribution in [0.15, 0.2) is 35.7 Å². The van der Waals surface area contributed by atoms with Crippen LogP contribution in [0.5, 0.6) is 0 Å². The van der Waals surface area contributed by atoms with E-state index in [9.17, 15) is 9.59 Å². The molecule has 106 valence electrons. The fraction of sp³-hybridized carbons (Fsp3) is 0.125. The number of carbonyl (C=O) groups is 2. The SMILES string of the molecule is Cc1csc(C(=O)NCC#Cc2ccc(C(N)=O)cc2)c1. The van der Waals surface area contributed by atoms with Gasteiger partial charge in [0.15, 0.2) is 0 Å². The molecule has 2 rings (SSSR count). The number of nitrogens with one attached hydrogen (secondary N) is 1. The normalized spacial score (nSPS) is 9.57. The number of amides is 2. The van der Waals surface area contributed by atoms with Crippen molar-refractivity contribution in [2.24, 2.45) is 5.73 Å². The molecule has 0 bridgehead atoms. The van der Waals surface area contributed by atoms with Crippen molar-refractivity contribution in [1.82, 2.24) is 5.32 Å². The number of carbonyl (C=O) groups excluding carboxylic acids is 2. The number of hydrogen-bond donors (Lipinski definition) is 2. The predicted octanol–water partition coefficient (Wildman–Crippen LogP) is 1.94. The summed E-state index contributed by atoms with van der Waals surface area (Å²) < 4.78 is 0. The second-order valence-electron chi connectivity index (χ2n) is 4.41. The number of hydrogen-bond acceptors (Lipinski definition) is 3. The van der Waals surface area contributed by atoms with Crippen LogP contribution in [0.25, 0.3) is 0 Å². The number of benzene rings is 1. The van der Waals surface area contributed by atoms with Crippen LogP contribution in [-0.2, 0) is 0 Å². The molecular weight excluding hydrogens is 284 g/mol. The Kier molecular flexibility index (Phi) is 4.75. The van der Waals surface area contributed by atoms with Crippen LogP contribution in [0.4, 0.5) is 0 Å². The molecule has 0 unspecified atom stereocenters. The molecule has 0 spiro atoms. The van der Waals surface area contributed by atoms with Crippen molar-refractivity contribution >= 4 is 23.2 Å². The summed E-state index contributed by atoms with van der Waals surface area (Å²) in [4.78, 5) is 23.4. The summed E-state index contributed by atoms with van der Waals surface area (Å²) in [5.41, 5.74) is 7.44. The Hall–Kier alpha value is -2.58. The molecule has 2 amide bonds. The first-order valence-corrected chi connectivity index (χ1v) is 7.16. The van der Waals surface area contributed by atoms with Gasteiger partial charge in [-0.2, -0.15) is 0 Å². The van der Waals surface area contributed by atoms with E-state index in [1.807, 2.05) is 18.4 Å². The van der Waals surface area contributed by atoms with E-state index in [-0.39, 0.29) is 12.5 Å². The highest BCUT2D eigenvalue weighted by atomic mass is 32.1. The van der Waals surface area contributed by atoms with E-state index in [0.717, 1.165) is 11.1 Å². The quantitative estimate of drug-likeness (QED) is 0.850. The Bertz CT molecular complexity index is 721. The Morgan fingerprint density at radius 3 is 2.57 bits per heavy atom. The van der Waals surface area contributed by atoms with Gasteiger partial charge in [0.2, 0.25) is 5.91 Å². The van der Waals surface area contributed by atoms with Crippen molar-refractivity contribution in [3.05, 3.63) is 57.3 Å². The third kappa shape index (κ3) is 4.20. The second kappa shape index (κ2) is 6.73. The number of aryl methyl sites for hydroxylation is 1. The van der Waals surface area contributed by atoms with E-state index in [0.29, 0.717) is 10.4 Å². The van der Waals surface area contributed by atoms with Crippen LogP contribution in [0.3, 0.4) is 0 Å². The molecule has 1 aromatic heterocycles. The van der Waals surface area contributed by atoms with Crippen LogP contribution in [-0.4, -0.2) is 18.4 Å². The molecule has 3 N–H and O–H groups in total. The minimum absolute atomic E-state index is 0.119. The molecule has 0 saturated carbocycles. The highest BCUT2D eigenvalue weighted by Gasteiger charge is 2.05. The summed E-state index contributed by atoms with van der Waals surface area (Å²) in [6.07, 6.45) is 0. The van der Waals surface area contributed by atoms with Gasteiger partial charge in [-0.15, -0.1) is 11.3 Å². The third-order valence-electron chi connectivity index (χ3n) is 2.69. The van der Waals surface area contributed by atoms with Crippen molar-refractivity contribution < 1.29 is 9.59 Å². The average molecular weight is 298 g/mol. The Balaban J connectivity index is 1.89. The summed E-state index contributed by atoms with van der Waals surface area (Å²) >= 11 is 1.41. The van der Waals surface area contributed by atoms with Gasteiger partial charge in [0, 0.05) is 11.1 Å². The van der Waals surface area contributed by atoms with E-state index in [1.165, 1.54) is 11.3 Å². The van der Waals surface area contributed by atoms with Crippen molar-refractivity contribution in [3.8, 4) is 11.8 Å². The molecule has 0 saturated heterocycles. The van der Waals surface area contributed by atoms with Crippen LogP contribution < -0.4 is 11.1 Å². The molecule has 0 atom stereocenters. The first-order valence-electron chi connectivity index (χ1n) is 6.28. The Morgan fingerprint density at radius 2 is 2.00 bits per heavy atom. The molecule has 0 fully saturated rings. The number of primary amides is 1. The summed E-state index contributed by atoms with van der Waals surface area (Å²) in [7, 11) is 0. The van der Waals surface area contributed by atoms with Crippen LogP contribution >= 0.6 is 11.3 Å². The van der Waals surface area contributed by atoms with Crippen molar-refractivity contribution in [2.75, 3.05) is 6.54 Å². The first kappa shape index (κ1) is 14.8. The summed E-state index contributed by atoms with van der Waals surface area (Å²) in [6, 6.07) is 8.53. The highest BCUT2D eigenvalue weighted by molar-refractivity contribution is 7.12. The van der Waals surface area contributed by atoms with Gasteiger partial charge in [0.05, 0.1) is 11.4 Å². The zero-order valence-corrected chi connectivity index (χ0v) is 12.3. The minimum atomic E-state index is -0.465. The minimum Gasteiger partial charge on any atom is -0.366 e. The highest BCUT2D eigenvalue weighted by Crippen LogP contribution is 2.12. The van der Waals surface area contributed by atoms with Gasteiger partial charge in [0.25, 0.3) is 5.91 Å². The maximum atomic E-state index is 11.8. The predicted molar refractivity (Wildman–Crippen MR) is 83.2 cm³/mol. The van der Waals surface area contributed by atoms with Gasteiger partial charge in [-0.05, 0) is 48.2 Å². The molecule has 21 heavy (non-hydrogen) atoms. The maximum Gasteiger partial charge on any atom is 0.262 e. The van der Waals surface area contributed by atoms with Crippen LogP contribution in [0.2, 0.25) is 0 Å². The molecule has 5 heteroatoms. The fourth-order valence-corrected chi connectivity index (χ4v) is 2.44. The standard InChI is InChI=1S/C16H14N2O2S/c1-11-9-14(21-10-11)16(20)18-8-2-3-12-4-6-13(7-5-12)15(17)19/h4-7,9-10H,8H2,1H3,(H2,17,19)(H,18,20). The number of thiophene rings is 1. The van der Waals surface area contributed by atoms with Crippen LogP contribution in [0, 0.1) is 18.8 Å². The molecule has 1 heterocycles. The van der Waals surface area contributed by atoms with Gasteiger partial charge in [-0.25, -0.2) is 0 Å². The van der Waals surface area contributed by atoms with Crippen molar-refractivity contribution in [2.45, 2.75) is 6.92 Å². The third-order valence-corrected chi connectivity index (χ3v) is 3.74. The molecule has 0 aliphatic heterocycles. The van der Waals surface area contributed by atoms with Crippen molar-refractivity contribution in [1.29, 1.82) is 0 Å². The summed E-state index contributed by atoms with van der Waals surface area (Å²) in [6.45, 7) is 2.22. The molecule has 1 aromatic carbocycles. The zero-order chi connectivity index (χ0) is 15.2. The largest absolute Gasteiger partial charge is 0.366 e. The monoisotopic (exact) mass is 298 g/mol. The van der Waals surface area contributed by atoms with E-state index < -0.39 is 5.91 Å². The van der Waals surface area contributed by atoms with Gasteiger partial charge in [-0.1, -0.05) is 11.8 Å². The molecule has 0 aliphatic rings. The van der Waals surface area contributed by atoms with Crippen molar-refractivity contribution in [3.63, 3.8) is 0 Å². The van der Waals surface area contributed by atoms with E-state index in [1.54, 1.807) is 24.3 Å². The van der Waals surface area contributed by atoms with E-state index in [2.05, 4.69) is 17.2 Å². The topological polar surface area (TPSA) is 72.2 Å². The lowest BCUT2D eigenvalue weighted by molar-refractivity contribution is 0.0961. The van der Waals surface area contributed by atoms with Gasteiger partial charge >= 0.3 is 0 Å².